The molecule has 1 aromatic carbocycles. The third-order valence-electron chi connectivity index (χ3n) is 5.05. The lowest BCUT2D eigenvalue weighted by Crippen LogP contribution is -2.34. The number of carbonyl (C=O) groups excluding carboxylic acids is 1. The molecule has 1 saturated heterocycles. The van der Waals surface area contributed by atoms with Gasteiger partial charge in [-0.25, -0.2) is 14.0 Å². The van der Waals surface area contributed by atoms with Gasteiger partial charge in [0.1, 0.15) is 6.33 Å². The third-order valence-corrected chi connectivity index (χ3v) is 5.05. The maximum atomic E-state index is 12.4. The third kappa shape index (κ3) is 4.40. The number of ether oxygens (including phenoxy) is 1. The Labute approximate surface area is 159 Å². The summed E-state index contributed by atoms with van der Waals surface area (Å²) < 4.78 is 8.09. The molecule has 7 nitrogen and oxygen atoms in total. The van der Waals surface area contributed by atoms with Gasteiger partial charge >= 0.3 is 11.7 Å². The molecule has 2 heterocycles. The lowest BCUT2D eigenvalue weighted by molar-refractivity contribution is -0.144. The molecule has 27 heavy (non-hydrogen) atoms. The summed E-state index contributed by atoms with van der Waals surface area (Å²) in [5, 5.41) is 4.17. The zero-order chi connectivity index (χ0) is 19.4. The maximum absolute atomic E-state index is 12.4. The van der Waals surface area contributed by atoms with Gasteiger partial charge < -0.3 is 9.64 Å². The quantitative estimate of drug-likeness (QED) is 0.730. The Morgan fingerprint density at radius 1 is 1.19 bits per heavy atom. The highest BCUT2D eigenvalue weighted by molar-refractivity contribution is 5.69. The Kier molecular flexibility index (Phi) is 5.98. The van der Waals surface area contributed by atoms with Gasteiger partial charge in [0.15, 0.2) is 0 Å². The van der Waals surface area contributed by atoms with Gasteiger partial charge in [-0.3, -0.25) is 4.79 Å². The number of piperidine rings is 1. The molecule has 0 N–H and O–H groups in total. The normalized spacial score (nSPS) is 15.3. The molecule has 146 valence electrons. The summed E-state index contributed by atoms with van der Waals surface area (Å²) in [6.45, 7) is 8.01. The first-order valence-electron chi connectivity index (χ1n) is 9.66. The van der Waals surface area contributed by atoms with Crippen LogP contribution < -0.4 is 10.6 Å². The van der Waals surface area contributed by atoms with Crippen molar-refractivity contribution in [2.45, 2.75) is 46.1 Å². The predicted molar refractivity (Wildman–Crippen MR) is 104 cm³/mol. The van der Waals surface area contributed by atoms with Crippen LogP contribution in [-0.2, 0) is 9.53 Å². The van der Waals surface area contributed by atoms with Gasteiger partial charge in [-0.1, -0.05) is 0 Å². The van der Waals surface area contributed by atoms with E-state index in [1.165, 1.54) is 4.68 Å². The van der Waals surface area contributed by atoms with E-state index in [0.29, 0.717) is 18.9 Å². The molecule has 0 radical (unpaired) electrons. The molecular formula is C20H28N4O3. The van der Waals surface area contributed by atoms with Crippen LogP contribution in [0, 0.1) is 5.92 Å². The average molecular weight is 372 g/mol. The molecule has 0 bridgehead atoms. The summed E-state index contributed by atoms with van der Waals surface area (Å²) in [6, 6.07) is 8.02. The fourth-order valence-corrected chi connectivity index (χ4v) is 3.52. The average Bonchev–Trinajstić information content (AvgIpc) is 3.04. The van der Waals surface area contributed by atoms with Crippen molar-refractivity contribution in [1.82, 2.24) is 14.3 Å². The lowest BCUT2D eigenvalue weighted by atomic mass is 9.93. The fourth-order valence-electron chi connectivity index (χ4n) is 3.52. The first kappa shape index (κ1) is 19.2. The molecule has 3 rings (SSSR count). The van der Waals surface area contributed by atoms with Crippen LogP contribution in [0.1, 0.15) is 46.1 Å². The molecule has 0 unspecified atom stereocenters. The molecule has 0 saturated carbocycles. The van der Waals surface area contributed by atoms with E-state index in [2.05, 4.69) is 10.00 Å². The van der Waals surface area contributed by atoms with Gasteiger partial charge in [0, 0.05) is 25.2 Å². The second kappa shape index (κ2) is 8.41. The van der Waals surface area contributed by atoms with E-state index in [4.69, 9.17) is 4.74 Å². The SMILES string of the molecule is CCOC(=O)CC1CCN(c2ccc(-n3cnn(C(C)C)c3=O)cc2)CC1. The summed E-state index contributed by atoms with van der Waals surface area (Å²) in [6.07, 6.45) is 4.06. The molecule has 1 aliphatic heterocycles. The maximum Gasteiger partial charge on any atom is 0.350 e. The van der Waals surface area contributed by atoms with Crippen LogP contribution in [0.3, 0.4) is 0 Å². The van der Waals surface area contributed by atoms with Crippen LogP contribution in [0.2, 0.25) is 0 Å². The van der Waals surface area contributed by atoms with E-state index in [1.807, 2.05) is 45.0 Å². The summed E-state index contributed by atoms with van der Waals surface area (Å²) in [5.74, 6) is 0.313. The van der Waals surface area contributed by atoms with Crippen molar-refractivity contribution in [3.8, 4) is 5.69 Å². The van der Waals surface area contributed by atoms with Gasteiger partial charge in [-0.05, 0) is 63.8 Å². The fraction of sp³-hybridized carbons (Fsp3) is 0.550. The molecule has 0 spiro atoms. The molecule has 0 amide bonds. The van der Waals surface area contributed by atoms with Crippen molar-refractivity contribution < 1.29 is 9.53 Å². The van der Waals surface area contributed by atoms with E-state index in [1.54, 1.807) is 10.9 Å². The molecule has 0 aliphatic carbocycles. The van der Waals surface area contributed by atoms with Crippen molar-refractivity contribution in [3.05, 3.63) is 41.1 Å². The van der Waals surface area contributed by atoms with Gasteiger partial charge in [-0.2, -0.15) is 5.10 Å². The molecule has 1 fully saturated rings. The standard InChI is InChI=1S/C20H28N4O3/c1-4-27-19(25)13-16-9-11-22(12-10-16)17-5-7-18(8-6-17)23-14-21-24(15(2)3)20(23)26/h5-8,14-16H,4,9-13H2,1-3H3. The van der Waals surface area contributed by atoms with E-state index < -0.39 is 0 Å². The van der Waals surface area contributed by atoms with Gasteiger partial charge in [0.2, 0.25) is 0 Å². The minimum Gasteiger partial charge on any atom is -0.466 e. The molecule has 1 aromatic heterocycles. The van der Waals surface area contributed by atoms with Crippen LogP contribution in [0.5, 0.6) is 0 Å². The first-order chi connectivity index (χ1) is 13.0. The van der Waals surface area contributed by atoms with Crippen molar-refractivity contribution in [1.29, 1.82) is 0 Å². The first-order valence-corrected chi connectivity index (χ1v) is 9.66. The Bertz CT molecular complexity index is 814. The van der Waals surface area contributed by atoms with E-state index in [9.17, 15) is 9.59 Å². The van der Waals surface area contributed by atoms with Crippen LogP contribution in [0.4, 0.5) is 5.69 Å². The van der Waals surface area contributed by atoms with Crippen LogP contribution >= 0.6 is 0 Å². The highest BCUT2D eigenvalue weighted by atomic mass is 16.5. The van der Waals surface area contributed by atoms with Gasteiger partial charge in [-0.15, -0.1) is 0 Å². The van der Waals surface area contributed by atoms with Crippen molar-refractivity contribution >= 4 is 11.7 Å². The predicted octanol–water partition coefficient (Wildman–Crippen LogP) is 2.78. The van der Waals surface area contributed by atoms with E-state index in [0.717, 1.165) is 37.3 Å². The molecule has 0 atom stereocenters. The molecule has 7 heteroatoms. The smallest absolute Gasteiger partial charge is 0.350 e. The number of esters is 1. The molecule has 2 aromatic rings. The zero-order valence-corrected chi connectivity index (χ0v) is 16.3. The molecular weight excluding hydrogens is 344 g/mol. The van der Waals surface area contributed by atoms with E-state index >= 15 is 0 Å². The monoisotopic (exact) mass is 372 g/mol. The highest BCUT2D eigenvalue weighted by Crippen LogP contribution is 2.26. The number of anilines is 1. The number of rotatable bonds is 6. The largest absolute Gasteiger partial charge is 0.466 e. The Morgan fingerprint density at radius 3 is 2.37 bits per heavy atom. The van der Waals surface area contributed by atoms with Gasteiger partial charge in [0.25, 0.3) is 0 Å². The minimum atomic E-state index is -0.127. The van der Waals surface area contributed by atoms with Crippen molar-refractivity contribution in [2.75, 3.05) is 24.6 Å². The van der Waals surface area contributed by atoms with Crippen molar-refractivity contribution in [3.63, 3.8) is 0 Å². The lowest BCUT2D eigenvalue weighted by Gasteiger charge is -2.33. The number of hydrogen-bond donors (Lipinski definition) is 0. The second-order valence-electron chi connectivity index (χ2n) is 7.28. The number of aromatic nitrogens is 3. The summed E-state index contributed by atoms with van der Waals surface area (Å²) in [7, 11) is 0. The summed E-state index contributed by atoms with van der Waals surface area (Å²) >= 11 is 0. The van der Waals surface area contributed by atoms with E-state index in [-0.39, 0.29) is 17.7 Å². The van der Waals surface area contributed by atoms with Crippen LogP contribution in [0.15, 0.2) is 35.4 Å². The Hall–Kier alpha value is -2.57. The Balaban J connectivity index is 1.62. The topological polar surface area (TPSA) is 69.4 Å². The number of benzene rings is 1. The second-order valence-corrected chi connectivity index (χ2v) is 7.28. The highest BCUT2D eigenvalue weighted by Gasteiger charge is 2.22. The minimum absolute atomic E-state index is 0.0360. The van der Waals surface area contributed by atoms with Crippen molar-refractivity contribution in [2.24, 2.45) is 5.92 Å². The summed E-state index contributed by atoms with van der Waals surface area (Å²) in [5.41, 5.74) is 1.82. The van der Waals surface area contributed by atoms with Gasteiger partial charge in [0.05, 0.1) is 18.3 Å². The number of nitrogens with zero attached hydrogens (tertiary/aromatic N) is 4. The number of carbonyl (C=O) groups is 1. The Morgan fingerprint density at radius 2 is 1.81 bits per heavy atom. The summed E-state index contributed by atoms with van der Waals surface area (Å²) in [4.78, 5) is 26.3. The number of hydrogen-bond acceptors (Lipinski definition) is 5. The molecule has 1 aliphatic rings. The zero-order valence-electron chi connectivity index (χ0n) is 16.3. The van der Waals surface area contributed by atoms with Crippen LogP contribution in [0.25, 0.3) is 5.69 Å². The van der Waals surface area contributed by atoms with Crippen LogP contribution in [-0.4, -0.2) is 40.0 Å².